The van der Waals surface area contributed by atoms with E-state index in [0.29, 0.717) is 47.1 Å². The van der Waals surface area contributed by atoms with E-state index in [2.05, 4.69) is 20.6 Å². The van der Waals surface area contributed by atoms with E-state index in [1.54, 1.807) is 19.2 Å². The van der Waals surface area contributed by atoms with Gasteiger partial charge in [0.25, 0.3) is 5.91 Å². The number of rotatable bonds is 7. The molecular formula is C30H26FN7O3. The second kappa shape index (κ2) is 10.3. The number of hydrogen-bond acceptors (Lipinski definition) is 7. The third-order valence-electron chi connectivity index (χ3n) is 6.94. The van der Waals surface area contributed by atoms with Crippen LogP contribution in [-0.2, 0) is 4.79 Å². The van der Waals surface area contributed by atoms with Crippen LogP contribution in [-0.4, -0.2) is 51.0 Å². The van der Waals surface area contributed by atoms with E-state index < -0.39 is 11.9 Å². The third kappa shape index (κ3) is 4.93. The first-order chi connectivity index (χ1) is 19.8. The first-order valence-corrected chi connectivity index (χ1v) is 13.0. The molecule has 2 amide bonds. The molecule has 206 valence electrons. The first kappa shape index (κ1) is 25.9. The van der Waals surface area contributed by atoms with Crippen molar-refractivity contribution < 1.29 is 18.7 Å². The van der Waals surface area contributed by atoms with Crippen LogP contribution in [0.25, 0.3) is 39.5 Å². The van der Waals surface area contributed by atoms with Gasteiger partial charge in [0.1, 0.15) is 34.9 Å². The summed E-state index contributed by atoms with van der Waals surface area (Å²) in [5.41, 5.74) is 10.0. The average molecular weight is 552 g/mol. The summed E-state index contributed by atoms with van der Waals surface area (Å²) in [5.74, 6) is 0.597. The average Bonchev–Trinajstić information content (AvgIpc) is 3.55. The van der Waals surface area contributed by atoms with E-state index >= 15 is 0 Å². The predicted octanol–water partition coefficient (Wildman–Crippen LogP) is 4.00. The number of ether oxygens (including phenoxy) is 1. The summed E-state index contributed by atoms with van der Waals surface area (Å²) in [5, 5.41) is 5.84. The summed E-state index contributed by atoms with van der Waals surface area (Å²) in [7, 11) is 1.60. The molecule has 1 aliphatic heterocycles. The number of nitrogens with one attached hydrogen (secondary N) is 2. The van der Waals surface area contributed by atoms with Crippen LogP contribution >= 0.6 is 0 Å². The molecule has 1 aliphatic rings. The van der Waals surface area contributed by atoms with Crippen molar-refractivity contribution in [1.29, 1.82) is 0 Å². The molecule has 1 saturated heterocycles. The smallest absolute Gasteiger partial charge is 0.267 e. The minimum Gasteiger partial charge on any atom is -0.496 e. The number of amides is 2. The number of nitrogens with zero attached hydrogens (tertiary/aromatic N) is 4. The number of aromatic nitrogens is 4. The largest absolute Gasteiger partial charge is 0.496 e. The van der Waals surface area contributed by atoms with Gasteiger partial charge in [-0.05, 0) is 73.5 Å². The molecule has 0 radical (unpaired) electrons. The Hall–Kier alpha value is -5.32. The molecule has 3 aromatic carbocycles. The molecule has 0 aliphatic carbocycles. The number of benzene rings is 3. The van der Waals surface area contributed by atoms with Gasteiger partial charge in [0, 0.05) is 23.9 Å². The number of carbonyl (C=O) groups excluding carboxylic acids is 2. The van der Waals surface area contributed by atoms with E-state index in [1.807, 2.05) is 47.9 Å². The van der Waals surface area contributed by atoms with Crippen molar-refractivity contribution in [3.63, 3.8) is 0 Å². The Kier molecular flexibility index (Phi) is 6.54. The van der Waals surface area contributed by atoms with Gasteiger partial charge in [-0.15, -0.1) is 0 Å². The number of imidazole rings is 1. The zero-order valence-electron chi connectivity index (χ0n) is 22.3. The molecule has 5 aromatic rings. The summed E-state index contributed by atoms with van der Waals surface area (Å²) >= 11 is 0. The maximum atomic E-state index is 13.8. The number of primary amides is 1. The predicted molar refractivity (Wildman–Crippen MR) is 152 cm³/mol. The van der Waals surface area contributed by atoms with Crippen molar-refractivity contribution in [3.05, 3.63) is 83.8 Å². The second-order valence-electron chi connectivity index (χ2n) is 9.76. The number of methoxy groups -OCH3 is 1. The summed E-state index contributed by atoms with van der Waals surface area (Å²) in [6.07, 6.45) is 0.585. The molecule has 0 spiro atoms. The molecule has 4 N–H and O–H groups in total. The van der Waals surface area contributed by atoms with Crippen LogP contribution in [0.15, 0.2) is 66.7 Å². The van der Waals surface area contributed by atoms with Crippen molar-refractivity contribution >= 4 is 28.7 Å². The van der Waals surface area contributed by atoms with Gasteiger partial charge < -0.3 is 21.1 Å². The maximum Gasteiger partial charge on any atom is 0.267 e. The molecule has 1 unspecified atom stereocenters. The van der Waals surface area contributed by atoms with Crippen LogP contribution in [0.3, 0.4) is 0 Å². The van der Waals surface area contributed by atoms with Crippen molar-refractivity contribution in [2.24, 2.45) is 5.73 Å². The van der Waals surface area contributed by atoms with Gasteiger partial charge in [-0.25, -0.2) is 19.3 Å². The van der Waals surface area contributed by atoms with Gasteiger partial charge in [0.15, 0.2) is 5.82 Å². The Morgan fingerprint density at radius 3 is 2.59 bits per heavy atom. The molecule has 11 heteroatoms. The lowest BCUT2D eigenvalue weighted by Crippen LogP contribution is -2.30. The molecule has 6 rings (SSSR count). The fourth-order valence-electron chi connectivity index (χ4n) is 4.92. The van der Waals surface area contributed by atoms with E-state index in [9.17, 15) is 14.0 Å². The quantitative estimate of drug-likeness (QED) is 0.278. The fourth-order valence-corrected chi connectivity index (χ4v) is 4.92. The molecule has 1 fully saturated rings. The van der Waals surface area contributed by atoms with Crippen molar-refractivity contribution in [2.45, 2.75) is 19.4 Å². The summed E-state index contributed by atoms with van der Waals surface area (Å²) in [4.78, 5) is 38.1. The zero-order chi connectivity index (χ0) is 28.7. The zero-order valence-corrected chi connectivity index (χ0v) is 22.3. The van der Waals surface area contributed by atoms with Crippen molar-refractivity contribution in [1.82, 2.24) is 24.8 Å². The van der Waals surface area contributed by atoms with Crippen molar-refractivity contribution in [3.8, 4) is 34.2 Å². The molecule has 2 aromatic heterocycles. The van der Waals surface area contributed by atoms with E-state index in [1.165, 1.54) is 18.2 Å². The summed E-state index contributed by atoms with van der Waals surface area (Å²) in [6.45, 7) is 2.53. The van der Waals surface area contributed by atoms with E-state index in [0.717, 1.165) is 16.6 Å². The number of aryl methyl sites for hydroxylation is 1. The normalized spacial score (nSPS) is 14.7. The third-order valence-corrected chi connectivity index (χ3v) is 6.94. The Morgan fingerprint density at radius 2 is 1.88 bits per heavy atom. The molecular weight excluding hydrogens is 525 g/mol. The van der Waals surface area contributed by atoms with Gasteiger partial charge in [0.05, 0.1) is 23.7 Å². The minimum atomic E-state index is -0.719. The molecule has 0 bridgehead atoms. The van der Waals surface area contributed by atoms with Gasteiger partial charge in [-0.1, -0.05) is 6.07 Å². The SMILES string of the molecule is COc1cc(C)ccc1-c1nc2cc(-c3nc(NC4CCNC4=O)cc(C(N)=O)n3)ccc2n1-c1ccc(F)cc1. The summed E-state index contributed by atoms with van der Waals surface area (Å²) in [6, 6.07) is 18.4. The molecule has 0 saturated carbocycles. The van der Waals surface area contributed by atoms with Crippen LogP contribution < -0.4 is 21.1 Å². The monoisotopic (exact) mass is 551 g/mol. The fraction of sp³-hybridized carbons (Fsp3) is 0.167. The van der Waals surface area contributed by atoms with E-state index in [-0.39, 0.29) is 23.2 Å². The van der Waals surface area contributed by atoms with Gasteiger partial charge in [-0.2, -0.15) is 0 Å². The molecule has 3 heterocycles. The highest BCUT2D eigenvalue weighted by Crippen LogP contribution is 2.36. The van der Waals surface area contributed by atoms with Gasteiger partial charge in [0.2, 0.25) is 5.91 Å². The number of fused-ring (bicyclic) bond motifs is 1. The van der Waals surface area contributed by atoms with Crippen LogP contribution in [0.1, 0.15) is 22.5 Å². The lowest BCUT2D eigenvalue weighted by atomic mass is 10.1. The Labute approximate surface area is 234 Å². The molecule has 1 atom stereocenters. The minimum absolute atomic E-state index is 0.0120. The van der Waals surface area contributed by atoms with Crippen LogP contribution in [0.4, 0.5) is 10.2 Å². The molecule has 10 nitrogen and oxygen atoms in total. The Bertz CT molecular complexity index is 1820. The van der Waals surface area contributed by atoms with Crippen molar-refractivity contribution in [2.75, 3.05) is 19.0 Å². The highest BCUT2D eigenvalue weighted by atomic mass is 19.1. The number of nitrogens with two attached hydrogens (primary N) is 1. The highest BCUT2D eigenvalue weighted by Gasteiger charge is 2.25. The first-order valence-electron chi connectivity index (χ1n) is 13.0. The lowest BCUT2D eigenvalue weighted by Gasteiger charge is -2.13. The summed E-state index contributed by atoms with van der Waals surface area (Å²) < 4.78 is 21.4. The number of anilines is 1. The maximum absolute atomic E-state index is 13.8. The van der Waals surface area contributed by atoms with Gasteiger partial charge >= 0.3 is 0 Å². The number of carbonyl (C=O) groups is 2. The van der Waals surface area contributed by atoms with Crippen LogP contribution in [0, 0.1) is 12.7 Å². The van der Waals surface area contributed by atoms with Gasteiger partial charge in [-0.3, -0.25) is 14.2 Å². The second-order valence-corrected chi connectivity index (χ2v) is 9.76. The standard InChI is InChI=1S/C30H26FN7O3/c1-16-3-9-20(25(13-16)41-2)29-36-22-14-17(4-10-24(22)38(29)19-7-5-18(31)6-8-19)28-35-23(27(32)39)15-26(37-28)34-21-11-12-33-30(21)40/h3-10,13-15,21H,11-12H2,1-2H3,(H2,32,39)(H,33,40)(H,34,35,37). The lowest BCUT2D eigenvalue weighted by molar-refractivity contribution is -0.119. The van der Waals surface area contributed by atoms with E-state index in [4.69, 9.17) is 15.5 Å². The highest BCUT2D eigenvalue weighted by molar-refractivity contribution is 5.93. The topological polar surface area (TPSA) is 137 Å². The van der Waals surface area contributed by atoms with Crippen LogP contribution in [0.2, 0.25) is 0 Å². The van der Waals surface area contributed by atoms with Crippen LogP contribution in [0.5, 0.6) is 5.75 Å². The number of hydrogen-bond donors (Lipinski definition) is 3. The Balaban J connectivity index is 1.51. The molecule has 41 heavy (non-hydrogen) atoms. The Morgan fingerprint density at radius 1 is 1.07 bits per heavy atom. The number of halogens is 1.